The van der Waals surface area contributed by atoms with Gasteiger partial charge in [-0.2, -0.15) is 4.98 Å². The van der Waals surface area contributed by atoms with Gasteiger partial charge in [0.25, 0.3) is 0 Å². The van der Waals surface area contributed by atoms with Crippen LogP contribution in [0, 0.1) is 24.4 Å². The lowest BCUT2D eigenvalue weighted by molar-refractivity contribution is -0.0774. The third kappa shape index (κ3) is 4.87. The zero-order chi connectivity index (χ0) is 22.9. The van der Waals surface area contributed by atoms with E-state index in [1.807, 2.05) is 13.0 Å². The van der Waals surface area contributed by atoms with Crippen LogP contribution in [0.4, 0.5) is 24.8 Å². The Morgan fingerprint density at radius 2 is 1.73 bits per heavy atom. The maximum atomic E-state index is 15.3. The lowest BCUT2D eigenvalue weighted by atomic mass is 10.1. The molecule has 0 spiro atoms. The quantitative estimate of drug-likeness (QED) is 0.612. The minimum Gasteiger partial charge on any atom is -0.378 e. The fourth-order valence-corrected chi connectivity index (χ4v) is 4.25. The molecule has 10 heteroatoms. The molecule has 3 aromatic rings. The Balaban J connectivity index is 1.28. The smallest absolute Gasteiger partial charge is 0.247 e. The molecule has 7 nitrogen and oxygen atoms in total. The molecule has 2 fully saturated rings. The normalized spacial score (nSPS) is 17.8. The molecule has 2 aromatic carbocycles. The van der Waals surface area contributed by atoms with E-state index in [9.17, 15) is 8.78 Å². The summed E-state index contributed by atoms with van der Waals surface area (Å²) < 4.78 is 48.8. The summed E-state index contributed by atoms with van der Waals surface area (Å²) in [7, 11) is 0. The van der Waals surface area contributed by atoms with Gasteiger partial charge in [0.05, 0.1) is 30.6 Å². The number of benzene rings is 2. The molecular formula is C23H25F3N6O. The molecule has 33 heavy (non-hydrogen) atoms. The van der Waals surface area contributed by atoms with Crippen LogP contribution in [0.25, 0.3) is 5.69 Å². The summed E-state index contributed by atoms with van der Waals surface area (Å²) in [6.45, 7) is 7.69. The first-order valence-electron chi connectivity index (χ1n) is 10.9. The minimum absolute atomic E-state index is 0.131. The Labute approximate surface area is 189 Å². The minimum atomic E-state index is -0.716. The summed E-state index contributed by atoms with van der Waals surface area (Å²) in [6, 6.07) is 7.14. The number of hydrogen-bond acceptors (Lipinski definition) is 6. The van der Waals surface area contributed by atoms with Crippen molar-refractivity contribution in [2.75, 3.05) is 44.7 Å². The monoisotopic (exact) mass is 458 g/mol. The summed E-state index contributed by atoms with van der Waals surface area (Å²) >= 11 is 0. The zero-order valence-corrected chi connectivity index (χ0v) is 18.3. The Kier molecular flexibility index (Phi) is 6.05. The molecule has 0 radical (unpaired) electrons. The summed E-state index contributed by atoms with van der Waals surface area (Å²) in [4.78, 5) is 8.79. The molecule has 2 saturated heterocycles. The molecule has 0 unspecified atom stereocenters. The van der Waals surface area contributed by atoms with Gasteiger partial charge >= 0.3 is 0 Å². The Hall–Kier alpha value is -2.95. The first-order chi connectivity index (χ1) is 15.9. The average Bonchev–Trinajstić information content (AvgIpc) is 3.19. The van der Waals surface area contributed by atoms with Crippen molar-refractivity contribution in [3.63, 3.8) is 0 Å². The van der Waals surface area contributed by atoms with Crippen LogP contribution >= 0.6 is 0 Å². The van der Waals surface area contributed by atoms with Crippen molar-refractivity contribution < 1.29 is 17.9 Å². The zero-order valence-electron chi connectivity index (χ0n) is 18.3. The van der Waals surface area contributed by atoms with Gasteiger partial charge in [-0.1, -0.05) is 6.07 Å². The highest BCUT2D eigenvalue weighted by atomic mass is 19.1. The molecule has 0 atom stereocenters. The predicted molar refractivity (Wildman–Crippen MR) is 117 cm³/mol. The highest BCUT2D eigenvalue weighted by molar-refractivity contribution is 5.57. The summed E-state index contributed by atoms with van der Waals surface area (Å²) in [5.41, 5.74) is 1.96. The molecule has 1 aromatic heterocycles. The Bertz CT molecular complexity index is 1120. The molecular weight excluding hydrogens is 433 g/mol. The van der Waals surface area contributed by atoms with Crippen molar-refractivity contribution >= 4 is 11.6 Å². The molecule has 2 aliphatic rings. The average molecular weight is 458 g/mol. The van der Waals surface area contributed by atoms with Crippen LogP contribution in [0.1, 0.15) is 11.1 Å². The molecule has 0 bridgehead atoms. The van der Waals surface area contributed by atoms with Crippen LogP contribution in [0.5, 0.6) is 0 Å². The van der Waals surface area contributed by atoms with Gasteiger partial charge in [0.2, 0.25) is 5.95 Å². The molecule has 5 rings (SSSR count). The van der Waals surface area contributed by atoms with Crippen molar-refractivity contribution in [1.29, 1.82) is 0 Å². The third-order valence-electron chi connectivity index (χ3n) is 6.08. The number of nitrogens with one attached hydrogen (secondary N) is 1. The van der Waals surface area contributed by atoms with Crippen molar-refractivity contribution in [1.82, 2.24) is 24.6 Å². The number of hydrogen-bond donors (Lipinski definition) is 1. The second-order valence-electron chi connectivity index (χ2n) is 8.55. The molecule has 174 valence electrons. The van der Waals surface area contributed by atoms with E-state index in [1.165, 1.54) is 11.0 Å². The number of aryl methyl sites for hydroxylation is 1. The van der Waals surface area contributed by atoms with Gasteiger partial charge in [0.1, 0.15) is 18.0 Å². The van der Waals surface area contributed by atoms with E-state index in [4.69, 9.17) is 4.74 Å². The van der Waals surface area contributed by atoms with Gasteiger partial charge in [-0.15, -0.1) is 5.10 Å². The Morgan fingerprint density at radius 3 is 2.39 bits per heavy atom. The third-order valence-corrected chi connectivity index (χ3v) is 6.08. The van der Waals surface area contributed by atoms with Gasteiger partial charge < -0.3 is 10.1 Å². The number of aromatic nitrogens is 3. The highest BCUT2D eigenvalue weighted by Crippen LogP contribution is 2.25. The highest BCUT2D eigenvalue weighted by Gasteiger charge is 2.29. The lowest BCUT2D eigenvalue weighted by Crippen LogP contribution is -2.56. The summed E-state index contributed by atoms with van der Waals surface area (Å²) in [6.07, 6.45) is 1.32. The summed E-state index contributed by atoms with van der Waals surface area (Å²) in [5, 5.41) is 7.08. The van der Waals surface area contributed by atoms with Gasteiger partial charge in [0.15, 0.2) is 5.82 Å². The molecule has 1 N–H and O–H groups in total. The van der Waals surface area contributed by atoms with Crippen LogP contribution in [0.3, 0.4) is 0 Å². The second kappa shape index (κ2) is 9.12. The molecule has 3 heterocycles. The fraction of sp³-hybridized carbons (Fsp3) is 0.391. The summed E-state index contributed by atoms with van der Waals surface area (Å²) in [5.74, 6) is -1.66. The van der Waals surface area contributed by atoms with Gasteiger partial charge in [-0.25, -0.2) is 17.9 Å². The molecule has 2 aliphatic heterocycles. The van der Waals surface area contributed by atoms with E-state index >= 15 is 4.39 Å². The van der Waals surface area contributed by atoms with Crippen LogP contribution in [-0.2, 0) is 11.3 Å². The van der Waals surface area contributed by atoms with Gasteiger partial charge in [0, 0.05) is 44.4 Å². The number of rotatable bonds is 6. The van der Waals surface area contributed by atoms with E-state index in [1.54, 1.807) is 6.07 Å². The predicted octanol–water partition coefficient (Wildman–Crippen LogP) is 3.25. The maximum absolute atomic E-state index is 15.3. The standard InChI is InChI=1S/C23H25F3N6O/c1-15-6-16(11-30-2-4-31(5-3-30)20-12-33-13-20)22(26)21(7-15)28-23-27-14-32(29-23)19-9-17(24)8-18(25)10-19/h6-10,14,20H,2-5,11-13H2,1H3,(H,28,29). The van der Waals surface area contributed by atoms with E-state index in [0.29, 0.717) is 18.2 Å². The van der Waals surface area contributed by atoms with Crippen molar-refractivity contribution in [2.24, 2.45) is 0 Å². The number of anilines is 2. The largest absolute Gasteiger partial charge is 0.378 e. The maximum Gasteiger partial charge on any atom is 0.247 e. The van der Waals surface area contributed by atoms with Crippen LogP contribution in [0.15, 0.2) is 36.7 Å². The van der Waals surface area contributed by atoms with Crippen LogP contribution < -0.4 is 5.32 Å². The first kappa shape index (κ1) is 21.9. The number of ether oxygens (including phenoxy) is 1. The SMILES string of the molecule is Cc1cc(CN2CCN(C3COC3)CC2)c(F)c(Nc2ncn(-c3cc(F)cc(F)c3)n2)c1. The van der Waals surface area contributed by atoms with E-state index in [-0.39, 0.29) is 23.1 Å². The van der Waals surface area contributed by atoms with E-state index < -0.39 is 11.6 Å². The molecule has 0 aliphatic carbocycles. The molecule has 0 amide bonds. The lowest BCUT2D eigenvalue weighted by Gasteiger charge is -2.42. The van der Waals surface area contributed by atoms with Crippen LogP contribution in [0.2, 0.25) is 0 Å². The number of nitrogens with zero attached hydrogens (tertiary/aromatic N) is 5. The van der Waals surface area contributed by atoms with E-state index in [2.05, 4.69) is 25.2 Å². The number of halogens is 3. The van der Waals surface area contributed by atoms with E-state index in [0.717, 1.165) is 63.2 Å². The Morgan fingerprint density at radius 1 is 1.00 bits per heavy atom. The van der Waals surface area contributed by atoms with Crippen LogP contribution in [-0.4, -0.2) is 70.0 Å². The van der Waals surface area contributed by atoms with Crippen molar-refractivity contribution in [3.8, 4) is 5.69 Å². The second-order valence-corrected chi connectivity index (χ2v) is 8.55. The topological polar surface area (TPSA) is 58.5 Å². The first-order valence-corrected chi connectivity index (χ1v) is 10.9. The molecule has 0 saturated carbocycles. The van der Waals surface area contributed by atoms with Crippen molar-refractivity contribution in [3.05, 3.63) is 65.2 Å². The number of piperazine rings is 1. The fourth-order valence-electron chi connectivity index (χ4n) is 4.25. The van der Waals surface area contributed by atoms with Gasteiger partial charge in [-0.3, -0.25) is 9.80 Å². The van der Waals surface area contributed by atoms with Gasteiger partial charge in [-0.05, 0) is 30.7 Å². The van der Waals surface area contributed by atoms with Crippen molar-refractivity contribution in [2.45, 2.75) is 19.5 Å².